The highest BCUT2D eigenvalue weighted by Gasteiger charge is 2.27. The SMILES string of the molecule is Cc1cc(-c2nn3c(c2C(N)=O)Nc2ccc(C(C)(C)C)cc2CC3)ccc1CNC(=O)c1ccn(C(C)(C)C)n1. The number of carbonyl (C=O) groups excluding carboxylic acids is 2. The van der Waals surface area contributed by atoms with Crippen LogP contribution in [0.15, 0.2) is 48.7 Å². The van der Waals surface area contributed by atoms with Crippen LogP contribution in [0.2, 0.25) is 0 Å². The van der Waals surface area contributed by atoms with Gasteiger partial charge in [0.2, 0.25) is 0 Å². The zero-order valence-electron chi connectivity index (χ0n) is 24.9. The van der Waals surface area contributed by atoms with E-state index in [1.165, 1.54) is 11.1 Å². The van der Waals surface area contributed by atoms with Crippen molar-refractivity contribution in [2.75, 3.05) is 5.32 Å². The van der Waals surface area contributed by atoms with E-state index in [9.17, 15) is 9.59 Å². The van der Waals surface area contributed by atoms with E-state index in [1.807, 2.05) is 56.8 Å². The minimum atomic E-state index is -0.535. The minimum Gasteiger partial charge on any atom is -0.365 e. The Balaban J connectivity index is 1.38. The summed E-state index contributed by atoms with van der Waals surface area (Å²) in [6.45, 7) is 15.7. The Hall–Kier alpha value is -4.40. The lowest BCUT2D eigenvalue weighted by molar-refractivity contribution is 0.0943. The molecule has 0 saturated heterocycles. The molecule has 2 aromatic heterocycles. The molecule has 0 fully saturated rings. The molecule has 5 rings (SSSR count). The average molecular weight is 554 g/mol. The normalized spacial score (nSPS) is 13.1. The van der Waals surface area contributed by atoms with Crippen molar-refractivity contribution >= 4 is 23.3 Å². The summed E-state index contributed by atoms with van der Waals surface area (Å²) < 4.78 is 3.62. The molecule has 0 unspecified atom stereocenters. The first-order valence-electron chi connectivity index (χ1n) is 14.0. The molecule has 0 bridgehead atoms. The number of hydrogen-bond donors (Lipinski definition) is 3. The Morgan fingerprint density at radius 1 is 1.02 bits per heavy atom. The molecule has 2 aromatic carbocycles. The van der Waals surface area contributed by atoms with E-state index in [2.05, 4.69) is 54.7 Å². The number of rotatable bonds is 5. The third-order valence-corrected chi connectivity index (χ3v) is 7.58. The van der Waals surface area contributed by atoms with E-state index in [0.29, 0.717) is 35.9 Å². The van der Waals surface area contributed by atoms with Crippen molar-refractivity contribution in [1.82, 2.24) is 24.9 Å². The molecule has 4 aromatic rings. The molecule has 0 aliphatic carbocycles. The van der Waals surface area contributed by atoms with Gasteiger partial charge in [-0.25, -0.2) is 4.68 Å². The smallest absolute Gasteiger partial charge is 0.272 e. The molecule has 0 spiro atoms. The second kappa shape index (κ2) is 10.2. The molecule has 0 atom stereocenters. The fourth-order valence-electron chi connectivity index (χ4n) is 5.06. The van der Waals surface area contributed by atoms with E-state index < -0.39 is 5.91 Å². The van der Waals surface area contributed by atoms with Gasteiger partial charge in [-0.05, 0) is 80.0 Å². The molecule has 4 N–H and O–H groups in total. The molecule has 41 heavy (non-hydrogen) atoms. The van der Waals surface area contributed by atoms with Crippen LogP contribution in [0, 0.1) is 6.92 Å². The number of nitrogens with zero attached hydrogens (tertiary/aromatic N) is 4. The second-order valence-corrected chi connectivity index (χ2v) is 12.8. The Morgan fingerprint density at radius 2 is 1.78 bits per heavy atom. The number of anilines is 2. The number of aromatic nitrogens is 4. The summed E-state index contributed by atoms with van der Waals surface area (Å²) in [4.78, 5) is 25.5. The third-order valence-electron chi connectivity index (χ3n) is 7.58. The number of primary amides is 1. The van der Waals surface area contributed by atoms with Gasteiger partial charge in [-0.3, -0.25) is 14.3 Å². The van der Waals surface area contributed by atoms with E-state index in [4.69, 9.17) is 10.8 Å². The van der Waals surface area contributed by atoms with Crippen LogP contribution in [-0.2, 0) is 30.5 Å². The molecule has 1 aliphatic heterocycles. The Labute approximate surface area is 241 Å². The first kappa shape index (κ1) is 28.1. The highest BCUT2D eigenvalue weighted by molar-refractivity contribution is 6.04. The van der Waals surface area contributed by atoms with Gasteiger partial charge in [0.15, 0.2) is 0 Å². The molecule has 3 heterocycles. The van der Waals surface area contributed by atoms with E-state index in [1.54, 1.807) is 10.7 Å². The van der Waals surface area contributed by atoms with Gasteiger partial charge in [-0.1, -0.05) is 45.0 Å². The number of nitrogens with one attached hydrogen (secondary N) is 2. The largest absolute Gasteiger partial charge is 0.365 e. The van der Waals surface area contributed by atoms with Crippen LogP contribution in [0.1, 0.15) is 84.6 Å². The van der Waals surface area contributed by atoms with Gasteiger partial charge in [0.1, 0.15) is 22.8 Å². The van der Waals surface area contributed by atoms with Crippen molar-refractivity contribution in [3.8, 4) is 11.3 Å². The summed E-state index contributed by atoms with van der Waals surface area (Å²) in [6, 6.07) is 14.0. The molecule has 9 nitrogen and oxygen atoms in total. The van der Waals surface area contributed by atoms with Crippen molar-refractivity contribution < 1.29 is 9.59 Å². The molecule has 2 amide bonds. The molecular formula is C32H39N7O2. The van der Waals surface area contributed by atoms with Gasteiger partial charge in [-0.15, -0.1) is 0 Å². The number of carbonyl (C=O) groups is 2. The van der Waals surface area contributed by atoms with Crippen LogP contribution in [0.5, 0.6) is 0 Å². The van der Waals surface area contributed by atoms with Gasteiger partial charge >= 0.3 is 0 Å². The van der Waals surface area contributed by atoms with Gasteiger partial charge in [-0.2, -0.15) is 10.2 Å². The summed E-state index contributed by atoms with van der Waals surface area (Å²) in [6.07, 6.45) is 2.60. The van der Waals surface area contributed by atoms with Crippen molar-refractivity contribution in [2.45, 2.75) is 78.9 Å². The van der Waals surface area contributed by atoms with Crippen molar-refractivity contribution in [1.29, 1.82) is 0 Å². The molecule has 214 valence electrons. The summed E-state index contributed by atoms with van der Waals surface area (Å²) >= 11 is 0. The Kier molecular flexibility index (Phi) is 7.01. The molecule has 0 radical (unpaired) electrons. The second-order valence-electron chi connectivity index (χ2n) is 12.8. The third kappa shape index (κ3) is 5.62. The maximum atomic E-state index is 12.7. The van der Waals surface area contributed by atoms with Crippen molar-refractivity contribution in [2.24, 2.45) is 5.73 Å². The number of fused-ring (bicyclic) bond motifs is 2. The van der Waals surface area contributed by atoms with Gasteiger partial charge in [0.25, 0.3) is 11.8 Å². The van der Waals surface area contributed by atoms with E-state index in [-0.39, 0.29) is 16.9 Å². The maximum Gasteiger partial charge on any atom is 0.272 e. The van der Waals surface area contributed by atoms with Gasteiger partial charge in [0, 0.05) is 30.5 Å². The maximum absolute atomic E-state index is 12.7. The standard InChI is InChI=1S/C32H39N7O2/c1-19-16-21(8-9-22(19)18-34-30(41)25-13-15-39(36-25)32(5,6)7)27-26(28(33)40)29-35-24-11-10-23(31(2,3)4)17-20(24)12-14-38(29)37-27/h8-11,13,15-17,35H,12,14,18H2,1-7H3,(H2,33,40)(H,34,41). The highest BCUT2D eigenvalue weighted by atomic mass is 16.2. The average Bonchev–Trinajstić information content (AvgIpc) is 3.49. The monoisotopic (exact) mass is 553 g/mol. The van der Waals surface area contributed by atoms with Crippen LogP contribution in [0.3, 0.4) is 0 Å². The summed E-state index contributed by atoms with van der Waals surface area (Å²) in [7, 11) is 0. The summed E-state index contributed by atoms with van der Waals surface area (Å²) in [5, 5.41) is 15.7. The lowest BCUT2D eigenvalue weighted by Gasteiger charge is -2.21. The van der Waals surface area contributed by atoms with E-state index in [0.717, 1.165) is 28.8 Å². The number of benzene rings is 2. The fraction of sp³-hybridized carbons (Fsp3) is 0.375. The summed E-state index contributed by atoms with van der Waals surface area (Å²) in [5.41, 5.74) is 13.2. The van der Waals surface area contributed by atoms with Crippen LogP contribution >= 0.6 is 0 Å². The highest BCUT2D eigenvalue weighted by Crippen LogP contribution is 2.36. The zero-order chi connectivity index (χ0) is 29.7. The topological polar surface area (TPSA) is 120 Å². The number of nitrogens with two attached hydrogens (primary N) is 1. The molecule has 9 heteroatoms. The van der Waals surface area contributed by atoms with Crippen molar-refractivity contribution in [3.05, 3.63) is 82.2 Å². The van der Waals surface area contributed by atoms with Crippen LogP contribution < -0.4 is 16.4 Å². The van der Waals surface area contributed by atoms with Crippen LogP contribution in [-0.4, -0.2) is 31.4 Å². The van der Waals surface area contributed by atoms with Crippen molar-refractivity contribution in [3.63, 3.8) is 0 Å². The summed E-state index contributed by atoms with van der Waals surface area (Å²) in [5.74, 6) is -0.156. The van der Waals surface area contributed by atoms with Gasteiger partial charge in [0.05, 0.1) is 5.54 Å². The number of aryl methyl sites for hydroxylation is 3. The number of amides is 2. The molecule has 0 saturated carbocycles. The number of hydrogen-bond acceptors (Lipinski definition) is 5. The van der Waals surface area contributed by atoms with Gasteiger partial charge < -0.3 is 16.4 Å². The predicted octanol–water partition coefficient (Wildman–Crippen LogP) is 5.44. The lowest BCUT2D eigenvalue weighted by atomic mass is 9.85. The first-order chi connectivity index (χ1) is 19.2. The van der Waals surface area contributed by atoms with E-state index >= 15 is 0 Å². The predicted molar refractivity (Wildman–Crippen MR) is 161 cm³/mol. The van der Waals surface area contributed by atoms with Crippen LogP contribution in [0.25, 0.3) is 11.3 Å². The molecular weight excluding hydrogens is 514 g/mol. The van der Waals surface area contributed by atoms with Crippen LogP contribution in [0.4, 0.5) is 11.5 Å². The zero-order valence-corrected chi connectivity index (χ0v) is 24.9. The lowest BCUT2D eigenvalue weighted by Crippen LogP contribution is -2.26. The fourth-order valence-corrected chi connectivity index (χ4v) is 5.06. The molecule has 1 aliphatic rings. The first-order valence-corrected chi connectivity index (χ1v) is 14.0. The Bertz CT molecular complexity index is 1650. The minimum absolute atomic E-state index is 0.0441. The Morgan fingerprint density at radius 3 is 2.41 bits per heavy atom. The quantitative estimate of drug-likeness (QED) is 0.304.